The number of carbonyl (C=O) groups excluding carboxylic acids is 2. The summed E-state index contributed by atoms with van der Waals surface area (Å²) in [6.45, 7) is -0.00470. The van der Waals surface area contributed by atoms with Crippen molar-refractivity contribution in [1.82, 2.24) is 4.98 Å². The summed E-state index contributed by atoms with van der Waals surface area (Å²) >= 11 is 0. The number of aliphatic hydroxyl groups is 1. The molecule has 1 aromatic heterocycles. The lowest BCUT2D eigenvalue weighted by molar-refractivity contribution is -0.123. The van der Waals surface area contributed by atoms with Crippen molar-refractivity contribution in [3.05, 3.63) is 54.2 Å². The van der Waals surface area contributed by atoms with Crippen molar-refractivity contribution in [1.29, 1.82) is 0 Å². The number of benzene rings is 2. The van der Waals surface area contributed by atoms with Crippen LogP contribution in [0.1, 0.15) is 37.7 Å². The second kappa shape index (κ2) is 9.54. The highest BCUT2D eigenvalue weighted by Crippen LogP contribution is 2.37. The normalized spacial score (nSPS) is 21.5. The summed E-state index contributed by atoms with van der Waals surface area (Å²) in [7, 11) is 1.65. The number of pyridine rings is 1. The lowest BCUT2D eigenvalue weighted by Gasteiger charge is -2.35. The zero-order valence-corrected chi connectivity index (χ0v) is 19.7. The van der Waals surface area contributed by atoms with Crippen LogP contribution in [0.15, 0.2) is 48.7 Å². The van der Waals surface area contributed by atoms with Gasteiger partial charge in [0.1, 0.15) is 11.5 Å². The van der Waals surface area contributed by atoms with Gasteiger partial charge in [0.25, 0.3) is 5.91 Å². The molecule has 2 heterocycles. The van der Waals surface area contributed by atoms with Gasteiger partial charge in [-0.05, 0) is 86.6 Å². The minimum absolute atomic E-state index is 0.00470. The van der Waals surface area contributed by atoms with Crippen LogP contribution in [0, 0.1) is 5.92 Å². The first-order chi connectivity index (χ1) is 16.9. The van der Waals surface area contributed by atoms with E-state index in [0.717, 1.165) is 28.6 Å². The van der Waals surface area contributed by atoms with Crippen LogP contribution in [0.5, 0.6) is 11.5 Å². The SMILES string of the molecule is COc1ccc2nccc(CCC3(O)CCC(C(=O)Nc4ccc5c(c4)NC(=O)CO5)CC3)c2c1. The Labute approximate surface area is 203 Å². The van der Waals surface area contributed by atoms with Gasteiger partial charge < -0.3 is 25.2 Å². The smallest absolute Gasteiger partial charge is 0.262 e. The van der Waals surface area contributed by atoms with E-state index in [0.29, 0.717) is 49.2 Å². The molecule has 182 valence electrons. The van der Waals surface area contributed by atoms with Gasteiger partial charge in [0.15, 0.2) is 6.61 Å². The van der Waals surface area contributed by atoms with Crippen molar-refractivity contribution >= 4 is 34.1 Å². The lowest BCUT2D eigenvalue weighted by atomic mass is 9.75. The summed E-state index contributed by atoms with van der Waals surface area (Å²) in [5, 5.41) is 18.0. The molecular weight excluding hydrogens is 446 g/mol. The molecule has 0 bridgehead atoms. The van der Waals surface area contributed by atoms with E-state index in [1.807, 2.05) is 24.3 Å². The number of carbonyl (C=O) groups is 2. The number of ether oxygens (including phenoxy) is 2. The molecule has 0 spiro atoms. The minimum atomic E-state index is -0.793. The average molecular weight is 476 g/mol. The third kappa shape index (κ3) is 5.07. The highest BCUT2D eigenvalue weighted by molar-refractivity contribution is 5.98. The van der Waals surface area contributed by atoms with Gasteiger partial charge in [-0.2, -0.15) is 0 Å². The van der Waals surface area contributed by atoms with Crippen molar-refractivity contribution in [3.63, 3.8) is 0 Å². The second-order valence-corrected chi connectivity index (χ2v) is 9.39. The number of fused-ring (bicyclic) bond motifs is 2. The van der Waals surface area contributed by atoms with Crippen molar-refractivity contribution in [2.45, 2.75) is 44.1 Å². The molecule has 0 radical (unpaired) electrons. The number of methoxy groups -OCH3 is 1. The molecule has 1 saturated carbocycles. The highest BCUT2D eigenvalue weighted by atomic mass is 16.5. The standard InChI is InChI=1S/C27H29N3O5/c1-34-20-3-4-22-21(15-20)17(9-13-28-22)6-10-27(33)11-7-18(8-12-27)26(32)29-19-2-5-24-23(14-19)30-25(31)16-35-24/h2-5,9,13-15,18,33H,6-8,10-12,16H2,1H3,(H,29,32)(H,30,31). The van der Waals surface area contributed by atoms with E-state index in [2.05, 4.69) is 15.6 Å². The number of amides is 2. The fourth-order valence-corrected chi connectivity index (χ4v) is 4.97. The Morgan fingerprint density at radius 2 is 2.06 bits per heavy atom. The van der Waals surface area contributed by atoms with Crippen LogP contribution < -0.4 is 20.1 Å². The molecule has 2 aromatic carbocycles. The molecule has 35 heavy (non-hydrogen) atoms. The predicted molar refractivity (Wildman–Crippen MR) is 133 cm³/mol. The van der Waals surface area contributed by atoms with Crippen LogP contribution in [0.4, 0.5) is 11.4 Å². The summed E-state index contributed by atoms with van der Waals surface area (Å²) < 4.78 is 10.7. The zero-order valence-electron chi connectivity index (χ0n) is 19.7. The number of hydrogen-bond donors (Lipinski definition) is 3. The van der Waals surface area contributed by atoms with Crippen molar-refractivity contribution < 1.29 is 24.2 Å². The van der Waals surface area contributed by atoms with Gasteiger partial charge in [0.2, 0.25) is 5.91 Å². The molecule has 0 atom stereocenters. The molecule has 2 amide bonds. The monoisotopic (exact) mass is 475 g/mol. The van der Waals surface area contributed by atoms with E-state index in [-0.39, 0.29) is 24.3 Å². The molecule has 3 N–H and O–H groups in total. The first kappa shape index (κ1) is 23.1. The maximum Gasteiger partial charge on any atom is 0.262 e. The average Bonchev–Trinajstić information content (AvgIpc) is 2.87. The first-order valence-electron chi connectivity index (χ1n) is 11.9. The Hall–Kier alpha value is -3.65. The molecule has 1 aliphatic carbocycles. The maximum atomic E-state index is 12.9. The maximum absolute atomic E-state index is 12.9. The molecule has 5 rings (SSSR count). The van der Waals surface area contributed by atoms with E-state index >= 15 is 0 Å². The van der Waals surface area contributed by atoms with E-state index in [9.17, 15) is 14.7 Å². The number of aromatic nitrogens is 1. The highest BCUT2D eigenvalue weighted by Gasteiger charge is 2.35. The topological polar surface area (TPSA) is 110 Å². The third-order valence-electron chi connectivity index (χ3n) is 7.07. The summed E-state index contributed by atoms with van der Waals surface area (Å²) in [5.74, 6) is 0.924. The van der Waals surface area contributed by atoms with Gasteiger partial charge in [0.05, 0.1) is 23.9 Å². The van der Waals surface area contributed by atoms with Crippen molar-refractivity contribution in [2.24, 2.45) is 5.92 Å². The largest absolute Gasteiger partial charge is 0.497 e. The minimum Gasteiger partial charge on any atom is -0.497 e. The van der Waals surface area contributed by atoms with Gasteiger partial charge in [-0.3, -0.25) is 14.6 Å². The molecule has 1 aliphatic heterocycles. The summed E-state index contributed by atoms with van der Waals surface area (Å²) in [4.78, 5) is 28.8. The van der Waals surface area contributed by atoms with Crippen LogP contribution in [-0.4, -0.2) is 41.2 Å². The second-order valence-electron chi connectivity index (χ2n) is 9.39. The van der Waals surface area contributed by atoms with Crippen molar-refractivity contribution in [3.8, 4) is 11.5 Å². The van der Waals surface area contributed by atoms with Crippen LogP contribution in [-0.2, 0) is 16.0 Å². The summed E-state index contributed by atoms with van der Waals surface area (Å²) in [6, 6.07) is 13.0. The number of rotatable bonds is 6. The molecule has 2 aliphatic rings. The van der Waals surface area contributed by atoms with Gasteiger partial charge >= 0.3 is 0 Å². The number of aryl methyl sites for hydroxylation is 1. The Kier molecular flexibility index (Phi) is 6.30. The molecule has 3 aromatic rings. The Balaban J connectivity index is 1.18. The number of anilines is 2. The van der Waals surface area contributed by atoms with Gasteiger partial charge in [-0.25, -0.2) is 0 Å². The molecule has 0 unspecified atom stereocenters. The predicted octanol–water partition coefficient (Wildman–Crippen LogP) is 4.07. The summed E-state index contributed by atoms with van der Waals surface area (Å²) in [5.41, 5.74) is 2.41. The third-order valence-corrected chi connectivity index (χ3v) is 7.07. The fraction of sp³-hybridized carbons (Fsp3) is 0.370. The number of hydrogen-bond acceptors (Lipinski definition) is 6. The van der Waals surface area contributed by atoms with Crippen LogP contribution in [0.3, 0.4) is 0 Å². The summed E-state index contributed by atoms with van der Waals surface area (Å²) in [6.07, 6.45) is 5.55. The van der Waals surface area contributed by atoms with Crippen LogP contribution >= 0.6 is 0 Å². The first-order valence-corrected chi connectivity index (χ1v) is 11.9. The lowest BCUT2D eigenvalue weighted by Crippen LogP contribution is -2.38. The van der Waals surface area contributed by atoms with E-state index in [1.165, 1.54) is 0 Å². The molecule has 8 nitrogen and oxygen atoms in total. The Morgan fingerprint density at radius 3 is 2.86 bits per heavy atom. The fourth-order valence-electron chi connectivity index (χ4n) is 4.97. The molecule has 0 saturated heterocycles. The van der Waals surface area contributed by atoms with Crippen molar-refractivity contribution in [2.75, 3.05) is 24.4 Å². The zero-order chi connectivity index (χ0) is 24.4. The molecule has 8 heteroatoms. The quantitative estimate of drug-likeness (QED) is 0.496. The molecule has 1 fully saturated rings. The van der Waals surface area contributed by atoms with E-state index in [4.69, 9.17) is 9.47 Å². The number of nitrogens with one attached hydrogen (secondary N) is 2. The molecular formula is C27H29N3O5. The Morgan fingerprint density at radius 1 is 1.23 bits per heavy atom. The van der Waals surface area contributed by atoms with Crippen LogP contribution in [0.25, 0.3) is 10.9 Å². The van der Waals surface area contributed by atoms with E-state index < -0.39 is 5.60 Å². The number of nitrogens with zero attached hydrogens (tertiary/aromatic N) is 1. The van der Waals surface area contributed by atoms with Gasteiger partial charge in [0, 0.05) is 23.2 Å². The Bertz CT molecular complexity index is 1270. The van der Waals surface area contributed by atoms with E-state index in [1.54, 1.807) is 31.5 Å². The van der Waals surface area contributed by atoms with Gasteiger partial charge in [-0.1, -0.05) is 0 Å². The van der Waals surface area contributed by atoms with Crippen LogP contribution in [0.2, 0.25) is 0 Å². The van der Waals surface area contributed by atoms with Gasteiger partial charge in [-0.15, -0.1) is 0 Å².